The van der Waals surface area contributed by atoms with Crippen molar-refractivity contribution in [2.45, 2.75) is 12.8 Å². The Morgan fingerprint density at radius 1 is 1.67 bits per heavy atom. The first-order valence-electron chi connectivity index (χ1n) is 6.44. The van der Waals surface area contributed by atoms with Gasteiger partial charge in [-0.05, 0) is 50.6 Å². The molecule has 0 aromatic carbocycles. The maximum Gasteiger partial charge on any atom is 0.246 e. The fourth-order valence-corrected chi connectivity index (χ4v) is 2.37. The summed E-state index contributed by atoms with van der Waals surface area (Å²) in [7, 11) is 1.96. The summed E-state index contributed by atoms with van der Waals surface area (Å²) < 4.78 is 5.16. The van der Waals surface area contributed by atoms with E-state index in [0.717, 1.165) is 26.1 Å². The van der Waals surface area contributed by atoms with Crippen LogP contribution in [0.2, 0.25) is 0 Å². The molecule has 1 aromatic heterocycles. The summed E-state index contributed by atoms with van der Waals surface area (Å²) in [4.78, 5) is 13.9. The highest BCUT2D eigenvalue weighted by Crippen LogP contribution is 2.16. The van der Waals surface area contributed by atoms with Crippen LogP contribution in [0.15, 0.2) is 28.9 Å². The van der Waals surface area contributed by atoms with Crippen LogP contribution >= 0.6 is 0 Å². The molecule has 2 rings (SSSR count). The number of furan rings is 1. The van der Waals surface area contributed by atoms with Gasteiger partial charge in [0.15, 0.2) is 0 Å². The highest BCUT2D eigenvalue weighted by Gasteiger charge is 2.21. The smallest absolute Gasteiger partial charge is 0.246 e. The molecular weight excluding hydrogens is 228 g/mol. The Kier molecular flexibility index (Phi) is 4.59. The van der Waals surface area contributed by atoms with Gasteiger partial charge in [0.05, 0.1) is 6.26 Å². The molecule has 18 heavy (non-hydrogen) atoms. The van der Waals surface area contributed by atoms with Crippen molar-refractivity contribution in [3.8, 4) is 0 Å². The van der Waals surface area contributed by atoms with E-state index in [2.05, 4.69) is 5.32 Å². The fourth-order valence-electron chi connectivity index (χ4n) is 2.37. The van der Waals surface area contributed by atoms with E-state index in [0.29, 0.717) is 11.7 Å². The highest BCUT2D eigenvalue weighted by molar-refractivity contribution is 5.91. The number of nitrogens with zero attached hydrogens (tertiary/aromatic N) is 1. The summed E-state index contributed by atoms with van der Waals surface area (Å²) in [5, 5.41) is 3.18. The monoisotopic (exact) mass is 248 g/mol. The van der Waals surface area contributed by atoms with E-state index in [1.165, 1.54) is 6.42 Å². The van der Waals surface area contributed by atoms with Crippen molar-refractivity contribution in [2.75, 3.05) is 26.7 Å². The van der Waals surface area contributed by atoms with Crippen molar-refractivity contribution >= 4 is 12.0 Å². The number of hydrogen-bond acceptors (Lipinski definition) is 3. The molecule has 0 radical (unpaired) electrons. The van der Waals surface area contributed by atoms with E-state index in [1.807, 2.05) is 24.1 Å². The van der Waals surface area contributed by atoms with Gasteiger partial charge in [0, 0.05) is 19.2 Å². The zero-order valence-corrected chi connectivity index (χ0v) is 10.8. The van der Waals surface area contributed by atoms with Crippen molar-refractivity contribution in [3.63, 3.8) is 0 Å². The third-order valence-electron chi connectivity index (χ3n) is 3.26. The lowest BCUT2D eigenvalue weighted by Gasteiger charge is -2.32. The third kappa shape index (κ3) is 3.47. The van der Waals surface area contributed by atoms with Crippen LogP contribution in [0.5, 0.6) is 0 Å². The van der Waals surface area contributed by atoms with Crippen LogP contribution in [-0.4, -0.2) is 37.5 Å². The molecule has 2 heterocycles. The van der Waals surface area contributed by atoms with E-state index in [9.17, 15) is 4.79 Å². The number of amides is 1. The lowest BCUT2D eigenvalue weighted by Crippen LogP contribution is -2.41. The molecule has 1 amide bonds. The Morgan fingerprint density at radius 3 is 3.28 bits per heavy atom. The average molecular weight is 248 g/mol. The Hall–Kier alpha value is -1.55. The van der Waals surface area contributed by atoms with Crippen molar-refractivity contribution in [1.29, 1.82) is 0 Å². The maximum absolute atomic E-state index is 12.0. The SMILES string of the molecule is CNCC1CCCN(C(=O)/C=C/c2ccco2)C1. The second kappa shape index (κ2) is 6.40. The Bertz CT molecular complexity index is 396. The topological polar surface area (TPSA) is 45.5 Å². The van der Waals surface area contributed by atoms with E-state index >= 15 is 0 Å². The molecule has 1 aliphatic rings. The predicted molar refractivity (Wildman–Crippen MR) is 71.0 cm³/mol. The van der Waals surface area contributed by atoms with Crippen LogP contribution in [-0.2, 0) is 4.79 Å². The first-order valence-corrected chi connectivity index (χ1v) is 6.44. The number of rotatable bonds is 4. The predicted octanol–water partition coefficient (Wildman–Crippen LogP) is 1.75. The average Bonchev–Trinajstić information content (AvgIpc) is 2.90. The molecule has 1 aromatic rings. The number of nitrogens with one attached hydrogen (secondary N) is 1. The van der Waals surface area contributed by atoms with Crippen molar-refractivity contribution in [1.82, 2.24) is 10.2 Å². The number of carbonyl (C=O) groups is 1. The summed E-state index contributed by atoms with van der Waals surface area (Å²) in [6.45, 7) is 2.69. The zero-order chi connectivity index (χ0) is 12.8. The van der Waals surface area contributed by atoms with E-state index in [1.54, 1.807) is 18.4 Å². The normalized spacial score (nSPS) is 20.5. The van der Waals surface area contributed by atoms with Gasteiger partial charge in [-0.2, -0.15) is 0 Å². The Labute approximate surface area is 108 Å². The van der Waals surface area contributed by atoms with Crippen LogP contribution in [0.1, 0.15) is 18.6 Å². The number of piperidine rings is 1. The van der Waals surface area contributed by atoms with Gasteiger partial charge in [0.2, 0.25) is 5.91 Å². The minimum atomic E-state index is 0.0761. The molecule has 0 aliphatic carbocycles. The lowest BCUT2D eigenvalue weighted by molar-refractivity contribution is -0.127. The number of hydrogen-bond donors (Lipinski definition) is 1. The Morgan fingerprint density at radius 2 is 2.56 bits per heavy atom. The molecule has 0 spiro atoms. The quantitative estimate of drug-likeness (QED) is 0.826. The molecule has 1 aliphatic heterocycles. The molecule has 98 valence electrons. The van der Waals surface area contributed by atoms with Crippen LogP contribution < -0.4 is 5.32 Å². The fraction of sp³-hybridized carbons (Fsp3) is 0.500. The molecule has 1 unspecified atom stereocenters. The molecule has 1 saturated heterocycles. The standard InChI is InChI=1S/C14H20N2O2/c1-15-10-12-4-2-8-16(11-12)14(17)7-6-13-5-3-9-18-13/h3,5-7,9,12,15H,2,4,8,10-11H2,1H3/b7-6+. The minimum Gasteiger partial charge on any atom is -0.465 e. The maximum atomic E-state index is 12.0. The van der Waals surface area contributed by atoms with Crippen molar-refractivity contribution in [2.24, 2.45) is 5.92 Å². The highest BCUT2D eigenvalue weighted by atomic mass is 16.3. The van der Waals surface area contributed by atoms with Gasteiger partial charge in [-0.25, -0.2) is 0 Å². The van der Waals surface area contributed by atoms with Crippen LogP contribution in [0.4, 0.5) is 0 Å². The lowest BCUT2D eigenvalue weighted by atomic mass is 9.98. The first kappa shape index (κ1) is 12.9. The van der Waals surface area contributed by atoms with E-state index in [-0.39, 0.29) is 5.91 Å². The molecule has 0 saturated carbocycles. The van der Waals surface area contributed by atoms with E-state index in [4.69, 9.17) is 4.42 Å². The van der Waals surface area contributed by atoms with Gasteiger partial charge in [-0.3, -0.25) is 4.79 Å². The third-order valence-corrected chi connectivity index (χ3v) is 3.26. The summed E-state index contributed by atoms with van der Waals surface area (Å²) in [5.41, 5.74) is 0. The molecule has 0 bridgehead atoms. The van der Waals surface area contributed by atoms with Crippen LogP contribution in [0.25, 0.3) is 6.08 Å². The second-order valence-corrected chi connectivity index (χ2v) is 4.70. The zero-order valence-electron chi connectivity index (χ0n) is 10.8. The first-order chi connectivity index (χ1) is 8.79. The molecule has 4 nitrogen and oxygen atoms in total. The number of carbonyl (C=O) groups excluding carboxylic acids is 1. The van der Waals surface area contributed by atoms with Gasteiger partial charge in [0.25, 0.3) is 0 Å². The van der Waals surface area contributed by atoms with Gasteiger partial charge in [-0.15, -0.1) is 0 Å². The summed E-state index contributed by atoms with van der Waals surface area (Å²) >= 11 is 0. The van der Waals surface area contributed by atoms with E-state index < -0.39 is 0 Å². The van der Waals surface area contributed by atoms with Gasteiger partial charge < -0.3 is 14.6 Å². The minimum absolute atomic E-state index is 0.0761. The van der Waals surface area contributed by atoms with Crippen LogP contribution in [0.3, 0.4) is 0 Å². The molecule has 4 heteroatoms. The molecule has 1 fully saturated rings. The summed E-state index contributed by atoms with van der Waals surface area (Å²) in [6.07, 6.45) is 7.22. The summed E-state index contributed by atoms with van der Waals surface area (Å²) in [5.74, 6) is 1.36. The number of likely N-dealkylation sites (tertiary alicyclic amines) is 1. The van der Waals surface area contributed by atoms with Gasteiger partial charge in [0.1, 0.15) is 5.76 Å². The molecular formula is C14H20N2O2. The van der Waals surface area contributed by atoms with Crippen LogP contribution in [0, 0.1) is 5.92 Å². The Balaban J connectivity index is 1.88. The van der Waals surface area contributed by atoms with Gasteiger partial charge >= 0.3 is 0 Å². The summed E-state index contributed by atoms with van der Waals surface area (Å²) in [6, 6.07) is 3.65. The molecule has 1 N–H and O–H groups in total. The van der Waals surface area contributed by atoms with Crippen molar-refractivity contribution in [3.05, 3.63) is 30.2 Å². The molecule has 1 atom stereocenters. The van der Waals surface area contributed by atoms with Crippen molar-refractivity contribution < 1.29 is 9.21 Å². The largest absolute Gasteiger partial charge is 0.465 e. The van der Waals surface area contributed by atoms with Gasteiger partial charge in [-0.1, -0.05) is 0 Å². The second-order valence-electron chi connectivity index (χ2n) is 4.70.